The fraction of sp³-hybridized carbons (Fsp3) is 0.467. The van der Waals surface area contributed by atoms with Gasteiger partial charge in [0.25, 0.3) is 0 Å². The van der Waals surface area contributed by atoms with Gasteiger partial charge in [-0.25, -0.2) is 0 Å². The number of rotatable bonds is 7. The summed E-state index contributed by atoms with van der Waals surface area (Å²) >= 11 is 6.05. The number of fused-ring (bicyclic) bond motifs is 1. The summed E-state index contributed by atoms with van der Waals surface area (Å²) in [6, 6.07) is 21.5. The van der Waals surface area contributed by atoms with Crippen molar-refractivity contribution in [3.05, 3.63) is 76.8 Å². The Hall–Kier alpha value is -2.03. The molecule has 4 saturated carbocycles. The third kappa shape index (κ3) is 4.17. The molecule has 2 nitrogen and oxygen atoms in total. The van der Waals surface area contributed by atoms with Gasteiger partial charge in [0.15, 0.2) is 0 Å². The van der Waals surface area contributed by atoms with Gasteiger partial charge in [0.2, 0.25) is 0 Å². The first kappa shape index (κ1) is 21.5. The van der Waals surface area contributed by atoms with E-state index in [1.54, 1.807) is 0 Å². The maximum Gasteiger partial charge on any atom is 0.124 e. The standard InChI is InChI=1S/C30H34ClNO/c1-20(30-15-22-12-23(16-30)14-24(13-22)17-30)32-18-28-27-5-3-2-4-25(27)8-11-29(28)33-19-21-6-9-26(31)10-7-21/h2-11,20,22-24,32H,12-19H2,1H3. The quantitative estimate of drug-likeness (QED) is 0.389. The van der Waals surface area contributed by atoms with E-state index in [-0.39, 0.29) is 0 Å². The van der Waals surface area contributed by atoms with Crippen LogP contribution in [0.4, 0.5) is 0 Å². The fourth-order valence-electron chi connectivity index (χ4n) is 7.55. The summed E-state index contributed by atoms with van der Waals surface area (Å²) in [7, 11) is 0. The van der Waals surface area contributed by atoms with Gasteiger partial charge < -0.3 is 10.1 Å². The van der Waals surface area contributed by atoms with Gasteiger partial charge in [-0.3, -0.25) is 0 Å². The zero-order valence-corrected chi connectivity index (χ0v) is 20.3. The minimum absolute atomic E-state index is 0.504. The lowest BCUT2D eigenvalue weighted by Gasteiger charge is -2.59. The monoisotopic (exact) mass is 459 g/mol. The van der Waals surface area contributed by atoms with Crippen molar-refractivity contribution in [2.75, 3.05) is 0 Å². The summed E-state index contributed by atoms with van der Waals surface area (Å²) in [5.41, 5.74) is 2.91. The van der Waals surface area contributed by atoms with Gasteiger partial charge in [-0.2, -0.15) is 0 Å². The lowest BCUT2D eigenvalue weighted by Crippen LogP contribution is -2.54. The van der Waals surface area contributed by atoms with Gasteiger partial charge in [0.05, 0.1) is 0 Å². The molecule has 7 rings (SSSR count). The Morgan fingerprint density at radius 3 is 2.27 bits per heavy atom. The van der Waals surface area contributed by atoms with E-state index >= 15 is 0 Å². The SMILES string of the molecule is CC(NCc1c(OCc2ccc(Cl)cc2)ccc2ccccc12)C12CC3CC(CC(C3)C1)C2. The first-order valence-corrected chi connectivity index (χ1v) is 13.1. The Morgan fingerprint density at radius 2 is 1.58 bits per heavy atom. The van der Waals surface area contributed by atoms with E-state index < -0.39 is 0 Å². The molecule has 0 saturated heterocycles. The third-order valence-corrected chi connectivity index (χ3v) is 9.15. The molecular weight excluding hydrogens is 426 g/mol. The summed E-state index contributed by atoms with van der Waals surface area (Å²) in [6.07, 6.45) is 8.79. The molecule has 4 fully saturated rings. The van der Waals surface area contributed by atoms with Crippen molar-refractivity contribution in [3.8, 4) is 5.75 Å². The molecule has 1 N–H and O–H groups in total. The lowest BCUT2D eigenvalue weighted by molar-refractivity contribution is -0.0706. The zero-order chi connectivity index (χ0) is 22.4. The Bertz CT molecular complexity index is 1100. The smallest absolute Gasteiger partial charge is 0.124 e. The van der Waals surface area contributed by atoms with Crippen LogP contribution in [0.1, 0.15) is 56.6 Å². The topological polar surface area (TPSA) is 21.3 Å². The van der Waals surface area contributed by atoms with Crippen LogP contribution in [-0.4, -0.2) is 6.04 Å². The predicted octanol–water partition coefficient (Wildman–Crippen LogP) is 7.77. The second-order valence-corrected chi connectivity index (χ2v) is 11.5. The molecule has 3 aromatic rings. The van der Waals surface area contributed by atoms with E-state index in [4.69, 9.17) is 16.3 Å². The molecule has 3 heteroatoms. The highest BCUT2D eigenvalue weighted by molar-refractivity contribution is 6.30. The Morgan fingerprint density at radius 1 is 0.909 bits per heavy atom. The fourth-order valence-corrected chi connectivity index (χ4v) is 7.68. The number of hydrogen-bond acceptors (Lipinski definition) is 2. The molecular formula is C30H34ClNO. The minimum atomic E-state index is 0.504. The van der Waals surface area contributed by atoms with E-state index in [0.29, 0.717) is 18.1 Å². The molecule has 4 aliphatic rings. The molecule has 1 atom stereocenters. The molecule has 0 spiro atoms. The maximum absolute atomic E-state index is 6.37. The summed E-state index contributed by atoms with van der Waals surface area (Å²) < 4.78 is 6.37. The van der Waals surface area contributed by atoms with Crippen LogP contribution < -0.4 is 10.1 Å². The average Bonchev–Trinajstić information content (AvgIpc) is 2.81. The second-order valence-electron chi connectivity index (χ2n) is 11.1. The summed E-state index contributed by atoms with van der Waals surface area (Å²) in [4.78, 5) is 0. The van der Waals surface area contributed by atoms with Crippen molar-refractivity contribution in [1.82, 2.24) is 5.32 Å². The van der Waals surface area contributed by atoms with Gasteiger partial charge in [-0.15, -0.1) is 0 Å². The van der Waals surface area contributed by atoms with Crippen molar-refractivity contribution < 1.29 is 4.74 Å². The Labute approximate surface area is 202 Å². The summed E-state index contributed by atoms with van der Waals surface area (Å²) in [5.74, 6) is 3.93. The second kappa shape index (κ2) is 8.64. The molecule has 0 amide bonds. The largest absolute Gasteiger partial charge is 0.489 e. The molecule has 0 aliphatic heterocycles. The number of benzene rings is 3. The van der Waals surface area contributed by atoms with Crippen LogP contribution in [0.15, 0.2) is 60.7 Å². The van der Waals surface area contributed by atoms with Gasteiger partial charge >= 0.3 is 0 Å². The molecule has 1 unspecified atom stereocenters. The zero-order valence-electron chi connectivity index (χ0n) is 19.5. The van der Waals surface area contributed by atoms with Gasteiger partial charge in [0.1, 0.15) is 12.4 Å². The van der Waals surface area contributed by atoms with E-state index in [0.717, 1.165) is 40.6 Å². The van der Waals surface area contributed by atoms with Crippen molar-refractivity contribution in [2.24, 2.45) is 23.2 Å². The molecule has 3 aromatic carbocycles. The molecule has 0 heterocycles. The molecule has 4 bridgehead atoms. The first-order valence-electron chi connectivity index (χ1n) is 12.7. The molecule has 33 heavy (non-hydrogen) atoms. The molecule has 0 aromatic heterocycles. The number of hydrogen-bond donors (Lipinski definition) is 1. The van der Waals surface area contributed by atoms with Crippen LogP contribution in [-0.2, 0) is 13.2 Å². The van der Waals surface area contributed by atoms with E-state index in [9.17, 15) is 0 Å². The molecule has 172 valence electrons. The van der Waals surface area contributed by atoms with E-state index in [1.165, 1.54) is 54.9 Å². The van der Waals surface area contributed by atoms with Crippen LogP contribution in [0.5, 0.6) is 5.75 Å². The van der Waals surface area contributed by atoms with Gasteiger partial charge in [0, 0.05) is 23.2 Å². The van der Waals surface area contributed by atoms with Crippen LogP contribution in [0.2, 0.25) is 5.02 Å². The highest BCUT2D eigenvalue weighted by Crippen LogP contribution is 2.61. The Balaban J connectivity index is 1.23. The van der Waals surface area contributed by atoms with Crippen LogP contribution in [0, 0.1) is 23.2 Å². The van der Waals surface area contributed by atoms with Crippen LogP contribution >= 0.6 is 11.6 Å². The number of ether oxygens (including phenoxy) is 1. The van der Waals surface area contributed by atoms with Crippen molar-refractivity contribution in [1.29, 1.82) is 0 Å². The minimum Gasteiger partial charge on any atom is -0.489 e. The van der Waals surface area contributed by atoms with Crippen molar-refractivity contribution in [2.45, 2.75) is 64.6 Å². The van der Waals surface area contributed by atoms with E-state index in [1.807, 2.05) is 24.3 Å². The summed E-state index contributed by atoms with van der Waals surface area (Å²) in [5, 5.41) is 7.32. The third-order valence-electron chi connectivity index (χ3n) is 8.89. The van der Waals surface area contributed by atoms with Crippen molar-refractivity contribution >= 4 is 22.4 Å². The van der Waals surface area contributed by atoms with Crippen LogP contribution in [0.3, 0.4) is 0 Å². The van der Waals surface area contributed by atoms with Gasteiger partial charge in [-0.1, -0.05) is 54.1 Å². The molecule has 0 radical (unpaired) electrons. The van der Waals surface area contributed by atoms with Gasteiger partial charge in [-0.05, 0) is 103 Å². The molecule has 4 aliphatic carbocycles. The lowest BCUT2D eigenvalue weighted by atomic mass is 9.48. The average molecular weight is 460 g/mol. The number of halogens is 1. The highest BCUT2D eigenvalue weighted by atomic mass is 35.5. The van der Waals surface area contributed by atoms with E-state index in [2.05, 4.69) is 48.6 Å². The normalized spacial score (nSPS) is 28.8. The maximum atomic E-state index is 6.37. The number of nitrogens with one attached hydrogen (secondary N) is 1. The predicted molar refractivity (Wildman–Crippen MR) is 137 cm³/mol. The first-order chi connectivity index (χ1) is 16.1. The van der Waals surface area contributed by atoms with Crippen LogP contribution in [0.25, 0.3) is 10.8 Å². The van der Waals surface area contributed by atoms with Crippen molar-refractivity contribution in [3.63, 3.8) is 0 Å². The highest BCUT2D eigenvalue weighted by Gasteiger charge is 2.52. The Kier molecular flexibility index (Phi) is 5.63. The summed E-state index contributed by atoms with van der Waals surface area (Å²) in [6.45, 7) is 3.85.